The van der Waals surface area contributed by atoms with E-state index < -0.39 is 42.0 Å². The van der Waals surface area contributed by atoms with E-state index in [0.29, 0.717) is 51.7 Å². The predicted octanol–water partition coefficient (Wildman–Crippen LogP) is 3.17. The normalized spacial score (nSPS) is 27.4. The van der Waals surface area contributed by atoms with E-state index in [-0.39, 0.29) is 48.4 Å². The number of alkyl halides is 1. The number of likely N-dealkylation sites (N-methyl/N-ethyl adjacent to an activating group) is 1. The van der Waals surface area contributed by atoms with Crippen LogP contribution in [0.15, 0.2) is 0 Å². The van der Waals surface area contributed by atoms with Gasteiger partial charge in [-0.05, 0) is 69.6 Å². The molecule has 2 aliphatic carbocycles. The molecule has 0 heterocycles. The lowest BCUT2D eigenvalue weighted by molar-refractivity contribution is -0.141. The third-order valence-corrected chi connectivity index (χ3v) is 9.07. The number of aliphatic hydroxyl groups is 1. The second-order valence-electron chi connectivity index (χ2n) is 13.4. The Kier molecular flexibility index (Phi) is 15.4. The summed E-state index contributed by atoms with van der Waals surface area (Å²) in [5.41, 5.74) is 8.53. The van der Waals surface area contributed by atoms with Crippen molar-refractivity contribution in [1.82, 2.24) is 20.7 Å². The number of hydrazine groups is 1. The van der Waals surface area contributed by atoms with Gasteiger partial charge in [0.1, 0.15) is 6.17 Å². The van der Waals surface area contributed by atoms with Crippen LogP contribution in [0.1, 0.15) is 99.3 Å². The number of hydrogen-bond acceptors (Lipinski definition) is 6. The lowest BCUT2D eigenvalue weighted by atomic mass is 9.73. The standard InChI is InChI=1S/C32H58FN5O5/c1-7-10-37(11-8-2)32(43)25-17-23(29(34)40)16-24(18-25)31(42)35-27(15-22-12-21(6)13-26(33)14-22)28(39)19-38(9-3)36-30(41)20(4)5/h20-28,39H,7-19H2,1-6H3,(H2,34,40)(H,35,42)(H,36,41). The average Bonchev–Trinajstić information content (AvgIpc) is 2.94. The number of nitrogens with zero attached hydrogens (tertiary/aromatic N) is 2. The van der Waals surface area contributed by atoms with Crippen LogP contribution in [-0.4, -0.2) is 83.1 Å². The fraction of sp³-hybridized carbons (Fsp3) is 0.875. The molecule has 0 spiro atoms. The fourth-order valence-corrected chi connectivity index (χ4v) is 6.81. The molecule has 0 bridgehead atoms. The summed E-state index contributed by atoms with van der Waals surface area (Å²) < 4.78 is 14.5. The van der Waals surface area contributed by atoms with E-state index in [2.05, 4.69) is 10.7 Å². The van der Waals surface area contributed by atoms with Crippen molar-refractivity contribution in [3.8, 4) is 0 Å². The lowest BCUT2D eigenvalue weighted by Gasteiger charge is -2.38. The number of carbonyl (C=O) groups is 4. The number of carbonyl (C=O) groups excluding carboxylic acids is 4. The minimum absolute atomic E-state index is 0.0188. The molecule has 8 atom stereocenters. The molecule has 43 heavy (non-hydrogen) atoms. The molecule has 0 aromatic heterocycles. The quantitative estimate of drug-likeness (QED) is 0.197. The summed E-state index contributed by atoms with van der Waals surface area (Å²) in [6, 6.07) is -0.695. The Balaban J connectivity index is 2.25. The predicted molar refractivity (Wildman–Crippen MR) is 165 cm³/mol. The van der Waals surface area contributed by atoms with Crippen LogP contribution in [0.5, 0.6) is 0 Å². The number of primary amides is 1. The maximum atomic E-state index is 14.5. The van der Waals surface area contributed by atoms with Crippen molar-refractivity contribution >= 4 is 23.6 Å². The molecule has 4 amide bonds. The van der Waals surface area contributed by atoms with Crippen molar-refractivity contribution in [1.29, 1.82) is 0 Å². The van der Waals surface area contributed by atoms with E-state index >= 15 is 0 Å². The first kappa shape index (κ1) is 36.9. The van der Waals surface area contributed by atoms with Gasteiger partial charge in [0.15, 0.2) is 0 Å². The molecule has 0 aliphatic heterocycles. The zero-order valence-corrected chi connectivity index (χ0v) is 27.3. The zero-order chi connectivity index (χ0) is 32.3. The molecule has 11 heteroatoms. The van der Waals surface area contributed by atoms with E-state index in [1.54, 1.807) is 18.9 Å². The minimum Gasteiger partial charge on any atom is -0.390 e. The highest BCUT2D eigenvalue weighted by atomic mass is 19.1. The molecule has 0 radical (unpaired) electrons. The van der Waals surface area contributed by atoms with E-state index in [1.165, 1.54) is 0 Å². The maximum absolute atomic E-state index is 14.5. The molecule has 2 fully saturated rings. The van der Waals surface area contributed by atoms with Crippen molar-refractivity contribution in [3.05, 3.63) is 0 Å². The third-order valence-electron chi connectivity index (χ3n) is 9.07. The molecule has 2 aliphatic rings. The van der Waals surface area contributed by atoms with Crippen molar-refractivity contribution in [2.45, 2.75) is 118 Å². The lowest BCUT2D eigenvalue weighted by Crippen LogP contribution is -2.55. The van der Waals surface area contributed by atoms with Gasteiger partial charge in [0, 0.05) is 49.9 Å². The molecule has 2 saturated carbocycles. The van der Waals surface area contributed by atoms with Gasteiger partial charge in [-0.2, -0.15) is 0 Å². The summed E-state index contributed by atoms with van der Waals surface area (Å²) >= 11 is 0. The molecule has 8 unspecified atom stereocenters. The van der Waals surface area contributed by atoms with E-state index in [1.807, 2.05) is 32.6 Å². The van der Waals surface area contributed by atoms with Gasteiger partial charge in [0.2, 0.25) is 23.6 Å². The van der Waals surface area contributed by atoms with Gasteiger partial charge in [0.25, 0.3) is 0 Å². The van der Waals surface area contributed by atoms with Gasteiger partial charge in [-0.25, -0.2) is 9.40 Å². The van der Waals surface area contributed by atoms with Crippen LogP contribution < -0.4 is 16.5 Å². The van der Waals surface area contributed by atoms with Crippen LogP contribution in [0, 0.1) is 35.5 Å². The number of aliphatic hydroxyl groups excluding tert-OH is 1. The van der Waals surface area contributed by atoms with Crippen molar-refractivity contribution in [3.63, 3.8) is 0 Å². The van der Waals surface area contributed by atoms with Gasteiger partial charge < -0.3 is 21.1 Å². The first-order valence-corrected chi connectivity index (χ1v) is 16.5. The summed E-state index contributed by atoms with van der Waals surface area (Å²) in [6.45, 7) is 13.2. The zero-order valence-electron chi connectivity index (χ0n) is 27.3. The van der Waals surface area contributed by atoms with Crippen molar-refractivity contribution in [2.24, 2.45) is 41.2 Å². The second-order valence-corrected chi connectivity index (χ2v) is 13.4. The van der Waals surface area contributed by atoms with Crippen LogP contribution in [0.2, 0.25) is 0 Å². The number of nitrogens with two attached hydrogens (primary N) is 1. The van der Waals surface area contributed by atoms with Crippen LogP contribution >= 0.6 is 0 Å². The van der Waals surface area contributed by atoms with Gasteiger partial charge in [-0.3, -0.25) is 24.6 Å². The van der Waals surface area contributed by atoms with Gasteiger partial charge >= 0.3 is 0 Å². The smallest absolute Gasteiger partial charge is 0.236 e. The minimum atomic E-state index is -1.04. The molecular weight excluding hydrogens is 553 g/mol. The molecule has 5 N–H and O–H groups in total. The SMILES string of the molecule is CCCN(CCC)C(=O)C1CC(C(N)=O)CC(C(=O)NC(CC2CC(C)CC(F)C2)C(O)CN(CC)NC(=O)C(C)C)C1. The van der Waals surface area contributed by atoms with Crippen LogP contribution in [0.4, 0.5) is 4.39 Å². The fourth-order valence-electron chi connectivity index (χ4n) is 6.81. The molecule has 0 aromatic carbocycles. The Labute approximate surface area is 258 Å². The Hall–Kier alpha value is -2.27. The number of nitrogens with one attached hydrogen (secondary N) is 2. The maximum Gasteiger partial charge on any atom is 0.236 e. The van der Waals surface area contributed by atoms with Crippen LogP contribution in [0.3, 0.4) is 0 Å². The second kappa shape index (κ2) is 17.9. The summed E-state index contributed by atoms with van der Waals surface area (Å²) in [4.78, 5) is 53.7. The van der Waals surface area contributed by atoms with E-state index in [4.69, 9.17) is 5.73 Å². The average molecular weight is 612 g/mol. The van der Waals surface area contributed by atoms with Crippen molar-refractivity contribution in [2.75, 3.05) is 26.2 Å². The highest BCUT2D eigenvalue weighted by Gasteiger charge is 2.41. The molecule has 0 saturated heterocycles. The first-order chi connectivity index (χ1) is 20.3. The van der Waals surface area contributed by atoms with Crippen LogP contribution in [0.25, 0.3) is 0 Å². The van der Waals surface area contributed by atoms with Gasteiger partial charge in [-0.1, -0.05) is 41.5 Å². The molecule has 10 nitrogen and oxygen atoms in total. The highest BCUT2D eigenvalue weighted by Crippen LogP contribution is 2.36. The number of rotatable bonds is 16. The number of hydrogen-bond donors (Lipinski definition) is 4. The van der Waals surface area contributed by atoms with E-state index in [9.17, 15) is 28.7 Å². The Morgan fingerprint density at radius 3 is 2.07 bits per heavy atom. The molecule has 248 valence electrons. The summed E-state index contributed by atoms with van der Waals surface area (Å²) in [5, 5.41) is 16.1. The number of halogens is 1. The monoisotopic (exact) mass is 611 g/mol. The first-order valence-electron chi connectivity index (χ1n) is 16.5. The van der Waals surface area contributed by atoms with Gasteiger partial charge in [-0.15, -0.1) is 0 Å². The Morgan fingerprint density at radius 1 is 0.930 bits per heavy atom. The summed E-state index contributed by atoms with van der Waals surface area (Å²) in [7, 11) is 0. The van der Waals surface area contributed by atoms with Crippen LogP contribution in [-0.2, 0) is 19.2 Å². The molecule has 0 aromatic rings. The van der Waals surface area contributed by atoms with Crippen molar-refractivity contribution < 1.29 is 28.7 Å². The van der Waals surface area contributed by atoms with E-state index in [0.717, 1.165) is 19.3 Å². The Morgan fingerprint density at radius 2 is 1.53 bits per heavy atom. The molecule has 2 rings (SSSR count). The third kappa shape index (κ3) is 11.6. The summed E-state index contributed by atoms with van der Waals surface area (Å²) in [6.07, 6.45) is 2.62. The highest BCUT2D eigenvalue weighted by molar-refractivity contribution is 5.85. The van der Waals surface area contributed by atoms with Gasteiger partial charge in [0.05, 0.1) is 12.1 Å². The topological polar surface area (TPSA) is 145 Å². The Bertz CT molecular complexity index is 905. The summed E-state index contributed by atoms with van der Waals surface area (Å²) in [5.74, 6) is -2.84. The number of amides is 4. The molecular formula is C32H58FN5O5. The largest absolute Gasteiger partial charge is 0.390 e.